The molecule has 0 aliphatic heterocycles. The number of amides is 2. The molecule has 1 aliphatic carbocycles. The van der Waals surface area contributed by atoms with Crippen LogP contribution in [0.5, 0.6) is 0 Å². The molecule has 164 valence electrons. The third-order valence-corrected chi connectivity index (χ3v) is 5.91. The standard InChI is InChI=1S/C21H28N8O2/c1-3-4-9-18(21(31)22-16-10-6-8-14(16)19-24-27-28-25-19)23-20(30)13-7-5-11-17-15(13)12-29(2)26-17/h5,7,11-12,14,16,18H,3-4,6,8-10H2,1-2H3,(H,22,31)(H,23,30)(H,24,25,27,28)/t14-,16+,18+/m1/s1. The molecule has 10 heteroatoms. The zero-order valence-corrected chi connectivity index (χ0v) is 17.8. The second kappa shape index (κ2) is 9.23. The monoisotopic (exact) mass is 424 g/mol. The van der Waals surface area contributed by atoms with Gasteiger partial charge in [0, 0.05) is 30.6 Å². The number of benzene rings is 1. The fourth-order valence-electron chi connectivity index (χ4n) is 4.32. The van der Waals surface area contributed by atoms with Crippen molar-refractivity contribution in [2.75, 3.05) is 0 Å². The number of nitrogens with zero attached hydrogens (tertiary/aromatic N) is 5. The predicted octanol–water partition coefficient (Wildman–Crippen LogP) is 1.83. The SMILES string of the molecule is CCCC[C@H](NC(=O)c1cccc2nn(C)cc12)C(=O)N[C@H]1CCC[C@H]1c1nn[nH]n1. The van der Waals surface area contributed by atoms with Crippen LogP contribution in [0.3, 0.4) is 0 Å². The number of aryl methyl sites for hydroxylation is 1. The fourth-order valence-corrected chi connectivity index (χ4v) is 4.32. The molecule has 3 atom stereocenters. The highest BCUT2D eigenvalue weighted by atomic mass is 16.2. The van der Waals surface area contributed by atoms with Crippen molar-refractivity contribution < 1.29 is 9.59 Å². The number of carbonyl (C=O) groups is 2. The molecule has 1 fully saturated rings. The maximum Gasteiger partial charge on any atom is 0.252 e. The van der Waals surface area contributed by atoms with Gasteiger partial charge in [-0.2, -0.15) is 10.3 Å². The number of aromatic amines is 1. The lowest BCUT2D eigenvalue weighted by Gasteiger charge is -2.23. The number of unbranched alkanes of at least 4 members (excludes halogenated alkanes) is 1. The van der Waals surface area contributed by atoms with Crippen LogP contribution in [0.4, 0.5) is 0 Å². The highest BCUT2D eigenvalue weighted by Crippen LogP contribution is 2.32. The van der Waals surface area contributed by atoms with Crippen molar-refractivity contribution in [3.8, 4) is 0 Å². The van der Waals surface area contributed by atoms with Gasteiger partial charge in [0.15, 0.2) is 5.82 Å². The van der Waals surface area contributed by atoms with Crippen LogP contribution in [0.15, 0.2) is 24.4 Å². The number of nitrogens with one attached hydrogen (secondary N) is 3. The molecule has 4 rings (SSSR count). The summed E-state index contributed by atoms with van der Waals surface area (Å²) >= 11 is 0. The van der Waals surface area contributed by atoms with Gasteiger partial charge in [-0.25, -0.2) is 0 Å². The highest BCUT2D eigenvalue weighted by Gasteiger charge is 2.34. The molecule has 0 bridgehead atoms. The zero-order chi connectivity index (χ0) is 21.8. The first-order chi connectivity index (χ1) is 15.1. The lowest BCUT2D eigenvalue weighted by Crippen LogP contribution is -2.50. The zero-order valence-electron chi connectivity index (χ0n) is 17.8. The summed E-state index contributed by atoms with van der Waals surface area (Å²) in [5.41, 5.74) is 1.27. The Kier molecular flexibility index (Phi) is 6.24. The average molecular weight is 425 g/mol. The smallest absolute Gasteiger partial charge is 0.252 e. The largest absolute Gasteiger partial charge is 0.351 e. The van der Waals surface area contributed by atoms with Gasteiger partial charge in [0.25, 0.3) is 5.91 Å². The van der Waals surface area contributed by atoms with Gasteiger partial charge < -0.3 is 10.6 Å². The Bertz CT molecular complexity index is 1050. The number of aromatic nitrogens is 6. The summed E-state index contributed by atoms with van der Waals surface area (Å²) in [5.74, 6) is 0.228. The van der Waals surface area contributed by atoms with Crippen molar-refractivity contribution in [3.05, 3.63) is 35.8 Å². The third-order valence-electron chi connectivity index (χ3n) is 5.91. The van der Waals surface area contributed by atoms with Crippen molar-refractivity contribution in [1.29, 1.82) is 0 Å². The van der Waals surface area contributed by atoms with Gasteiger partial charge in [-0.05, 0) is 31.4 Å². The van der Waals surface area contributed by atoms with Crippen LogP contribution in [0, 0.1) is 0 Å². The minimum Gasteiger partial charge on any atom is -0.351 e. The van der Waals surface area contributed by atoms with E-state index in [0.29, 0.717) is 17.8 Å². The Morgan fingerprint density at radius 2 is 2.19 bits per heavy atom. The summed E-state index contributed by atoms with van der Waals surface area (Å²) in [6.45, 7) is 2.07. The molecule has 2 aromatic heterocycles. The van der Waals surface area contributed by atoms with Gasteiger partial charge in [-0.1, -0.05) is 37.5 Å². The minimum atomic E-state index is -0.606. The Labute approximate surface area is 180 Å². The van der Waals surface area contributed by atoms with Gasteiger partial charge in [0.1, 0.15) is 6.04 Å². The van der Waals surface area contributed by atoms with E-state index in [-0.39, 0.29) is 23.8 Å². The lowest BCUT2D eigenvalue weighted by molar-refractivity contribution is -0.124. The predicted molar refractivity (Wildman–Crippen MR) is 114 cm³/mol. The van der Waals surface area contributed by atoms with Crippen LogP contribution < -0.4 is 10.6 Å². The number of fused-ring (bicyclic) bond motifs is 1. The van der Waals surface area contributed by atoms with Gasteiger partial charge in [0.2, 0.25) is 5.91 Å². The molecule has 2 amide bonds. The molecule has 2 heterocycles. The molecule has 0 saturated heterocycles. The molecular weight excluding hydrogens is 396 g/mol. The molecule has 0 spiro atoms. The van der Waals surface area contributed by atoms with Crippen molar-refractivity contribution in [3.63, 3.8) is 0 Å². The number of rotatable bonds is 8. The number of tetrazole rings is 1. The van der Waals surface area contributed by atoms with E-state index in [1.165, 1.54) is 0 Å². The molecule has 10 nitrogen and oxygen atoms in total. The summed E-state index contributed by atoms with van der Waals surface area (Å²) in [6.07, 6.45) is 6.92. The first-order valence-electron chi connectivity index (χ1n) is 10.8. The molecule has 1 aliphatic rings. The van der Waals surface area contributed by atoms with E-state index in [1.54, 1.807) is 16.8 Å². The molecule has 3 aromatic rings. The van der Waals surface area contributed by atoms with Crippen molar-refractivity contribution >= 4 is 22.7 Å². The first-order valence-corrected chi connectivity index (χ1v) is 10.8. The first kappa shape index (κ1) is 21.0. The van der Waals surface area contributed by atoms with Gasteiger partial charge >= 0.3 is 0 Å². The van der Waals surface area contributed by atoms with E-state index < -0.39 is 6.04 Å². The maximum absolute atomic E-state index is 13.1. The third kappa shape index (κ3) is 4.57. The molecule has 0 radical (unpaired) electrons. The van der Waals surface area contributed by atoms with E-state index in [4.69, 9.17) is 0 Å². The summed E-state index contributed by atoms with van der Waals surface area (Å²) in [7, 11) is 1.82. The van der Waals surface area contributed by atoms with Crippen molar-refractivity contribution in [1.82, 2.24) is 41.0 Å². The van der Waals surface area contributed by atoms with E-state index in [0.717, 1.165) is 43.0 Å². The summed E-state index contributed by atoms with van der Waals surface area (Å²) < 4.78 is 1.68. The van der Waals surface area contributed by atoms with Crippen LogP contribution in [0.1, 0.15) is 67.5 Å². The number of hydrogen-bond donors (Lipinski definition) is 3. The van der Waals surface area contributed by atoms with Gasteiger partial charge in [-0.3, -0.25) is 14.3 Å². The van der Waals surface area contributed by atoms with Crippen LogP contribution >= 0.6 is 0 Å². The molecule has 1 saturated carbocycles. The number of H-pyrrole nitrogens is 1. The van der Waals surface area contributed by atoms with Crippen LogP contribution in [0.25, 0.3) is 10.9 Å². The number of hydrogen-bond acceptors (Lipinski definition) is 6. The Morgan fingerprint density at radius 1 is 1.32 bits per heavy atom. The quantitative estimate of drug-likeness (QED) is 0.506. The summed E-state index contributed by atoms with van der Waals surface area (Å²) in [4.78, 5) is 26.2. The van der Waals surface area contributed by atoms with Crippen LogP contribution in [-0.4, -0.2) is 54.3 Å². The van der Waals surface area contributed by atoms with E-state index >= 15 is 0 Å². The van der Waals surface area contributed by atoms with Gasteiger partial charge in [0.05, 0.1) is 11.1 Å². The minimum absolute atomic E-state index is 0.0365. The normalized spacial score (nSPS) is 19.4. The maximum atomic E-state index is 13.1. The fraction of sp³-hybridized carbons (Fsp3) is 0.524. The summed E-state index contributed by atoms with van der Waals surface area (Å²) in [5, 5.41) is 25.5. The van der Waals surface area contributed by atoms with Crippen molar-refractivity contribution in [2.45, 2.75) is 63.5 Å². The van der Waals surface area contributed by atoms with Crippen molar-refractivity contribution in [2.24, 2.45) is 7.05 Å². The Morgan fingerprint density at radius 3 is 2.97 bits per heavy atom. The summed E-state index contributed by atoms with van der Waals surface area (Å²) in [6, 6.07) is 4.77. The van der Waals surface area contributed by atoms with E-state index in [1.807, 2.05) is 19.3 Å². The lowest BCUT2D eigenvalue weighted by atomic mass is 10.0. The second-order valence-electron chi connectivity index (χ2n) is 8.13. The topological polar surface area (TPSA) is 130 Å². The molecule has 3 N–H and O–H groups in total. The van der Waals surface area contributed by atoms with Crippen LogP contribution in [-0.2, 0) is 11.8 Å². The Balaban J connectivity index is 1.48. The Hall–Kier alpha value is -3.30. The molecule has 0 unspecified atom stereocenters. The highest BCUT2D eigenvalue weighted by molar-refractivity contribution is 6.07. The van der Waals surface area contributed by atoms with Gasteiger partial charge in [-0.15, -0.1) is 10.2 Å². The van der Waals surface area contributed by atoms with E-state index in [2.05, 4.69) is 43.3 Å². The second-order valence-corrected chi connectivity index (χ2v) is 8.13. The average Bonchev–Trinajstić information content (AvgIpc) is 3.50. The van der Waals surface area contributed by atoms with E-state index in [9.17, 15) is 9.59 Å². The molecule has 31 heavy (non-hydrogen) atoms. The molecular formula is C21H28N8O2. The van der Waals surface area contributed by atoms with Crippen LogP contribution in [0.2, 0.25) is 0 Å². The number of carbonyl (C=O) groups excluding carboxylic acids is 2. The molecule has 1 aromatic carbocycles.